The third kappa shape index (κ3) is 2.35. The lowest BCUT2D eigenvalue weighted by Gasteiger charge is -2.22. The maximum absolute atomic E-state index is 13.1. The molecule has 0 heterocycles. The van der Waals surface area contributed by atoms with Crippen molar-refractivity contribution >= 4 is 5.69 Å². The van der Waals surface area contributed by atoms with Gasteiger partial charge in [-0.1, -0.05) is 6.92 Å². The largest absolute Gasteiger partial charge is 0.374 e. The molecule has 1 aromatic carbocycles. The maximum Gasteiger partial charge on any atom is 0.123 e. The highest BCUT2D eigenvalue weighted by atomic mass is 19.1. The molecule has 0 saturated heterocycles. The normalized spacial score (nSPS) is 23.2. The molecule has 0 radical (unpaired) electrons. The van der Waals surface area contributed by atoms with Crippen molar-refractivity contribution in [3.05, 3.63) is 29.6 Å². The lowest BCUT2D eigenvalue weighted by molar-refractivity contribution is 0.624. The molecule has 1 aliphatic rings. The number of benzene rings is 1. The Balaban J connectivity index is 2.12. The molecular formula is C13H19FN2. The zero-order valence-corrected chi connectivity index (χ0v) is 9.91. The van der Waals surface area contributed by atoms with Crippen molar-refractivity contribution in [2.24, 2.45) is 17.6 Å². The van der Waals surface area contributed by atoms with Crippen LogP contribution in [0.15, 0.2) is 18.2 Å². The molecule has 2 atom stereocenters. The Morgan fingerprint density at radius 1 is 1.50 bits per heavy atom. The second-order valence-electron chi connectivity index (χ2n) is 4.83. The van der Waals surface area contributed by atoms with Gasteiger partial charge >= 0.3 is 0 Å². The second-order valence-corrected chi connectivity index (χ2v) is 4.83. The maximum atomic E-state index is 13.1. The molecule has 16 heavy (non-hydrogen) atoms. The minimum absolute atomic E-state index is 0.211. The Morgan fingerprint density at radius 3 is 2.75 bits per heavy atom. The fourth-order valence-electron chi connectivity index (χ4n) is 2.19. The molecule has 2 N–H and O–H groups in total. The number of halogens is 1. The molecule has 1 fully saturated rings. The summed E-state index contributed by atoms with van der Waals surface area (Å²) >= 11 is 0. The summed E-state index contributed by atoms with van der Waals surface area (Å²) in [5, 5.41) is 0. The van der Waals surface area contributed by atoms with Crippen LogP contribution >= 0.6 is 0 Å². The molecule has 3 heteroatoms. The third-order valence-electron chi connectivity index (χ3n) is 3.46. The summed E-state index contributed by atoms with van der Waals surface area (Å²) in [6.45, 7) is 3.70. The molecule has 0 aliphatic heterocycles. The molecule has 0 spiro atoms. The van der Waals surface area contributed by atoms with Crippen molar-refractivity contribution in [2.75, 3.05) is 18.5 Å². The summed E-state index contributed by atoms with van der Waals surface area (Å²) in [6.07, 6.45) is 1.31. The summed E-state index contributed by atoms with van der Waals surface area (Å²) in [4.78, 5) is 2.19. The van der Waals surface area contributed by atoms with E-state index in [9.17, 15) is 4.39 Å². The Hall–Kier alpha value is -1.09. The fraction of sp³-hybridized carbons (Fsp3) is 0.538. The molecule has 0 aromatic heterocycles. The van der Waals surface area contributed by atoms with Gasteiger partial charge in [0.1, 0.15) is 5.82 Å². The van der Waals surface area contributed by atoms with Crippen LogP contribution in [-0.2, 0) is 6.54 Å². The van der Waals surface area contributed by atoms with Gasteiger partial charge in [-0.2, -0.15) is 0 Å². The van der Waals surface area contributed by atoms with Crippen molar-refractivity contribution in [1.29, 1.82) is 0 Å². The molecule has 0 amide bonds. The summed E-state index contributed by atoms with van der Waals surface area (Å²) in [6, 6.07) is 4.86. The van der Waals surface area contributed by atoms with Gasteiger partial charge in [0.15, 0.2) is 0 Å². The molecule has 2 rings (SSSR count). The van der Waals surface area contributed by atoms with E-state index in [-0.39, 0.29) is 5.82 Å². The van der Waals surface area contributed by atoms with Gasteiger partial charge in [-0.25, -0.2) is 4.39 Å². The lowest BCUT2D eigenvalue weighted by atomic mass is 10.1. The van der Waals surface area contributed by atoms with E-state index < -0.39 is 0 Å². The van der Waals surface area contributed by atoms with Crippen molar-refractivity contribution in [3.8, 4) is 0 Å². The van der Waals surface area contributed by atoms with Crippen LogP contribution in [0.2, 0.25) is 0 Å². The Labute approximate surface area is 96.2 Å². The van der Waals surface area contributed by atoms with Gasteiger partial charge in [0.25, 0.3) is 0 Å². The first-order chi connectivity index (χ1) is 7.61. The lowest BCUT2D eigenvalue weighted by Crippen LogP contribution is -2.22. The molecule has 2 unspecified atom stereocenters. The van der Waals surface area contributed by atoms with E-state index in [1.54, 1.807) is 0 Å². The predicted octanol–water partition coefficient (Wildman–Crippen LogP) is 2.38. The first-order valence-corrected chi connectivity index (χ1v) is 5.81. The quantitative estimate of drug-likeness (QED) is 0.847. The fourth-order valence-corrected chi connectivity index (χ4v) is 2.19. The zero-order chi connectivity index (χ0) is 11.7. The zero-order valence-electron chi connectivity index (χ0n) is 9.91. The average molecular weight is 222 g/mol. The standard InChI is InChI=1S/C13H19FN2/c1-9-5-11(9)8-16(2)13-4-3-12(14)6-10(13)7-15/h3-4,6,9,11H,5,7-8,15H2,1-2H3. The van der Waals surface area contributed by atoms with Gasteiger partial charge in [0.2, 0.25) is 0 Å². The van der Waals surface area contributed by atoms with Gasteiger partial charge < -0.3 is 10.6 Å². The SMILES string of the molecule is CC1CC1CN(C)c1ccc(F)cc1CN. The smallest absolute Gasteiger partial charge is 0.123 e. The Morgan fingerprint density at radius 2 is 2.19 bits per heavy atom. The predicted molar refractivity (Wildman–Crippen MR) is 64.8 cm³/mol. The molecular weight excluding hydrogens is 203 g/mol. The second kappa shape index (κ2) is 4.42. The molecule has 2 nitrogen and oxygen atoms in total. The molecule has 0 bridgehead atoms. The Kier molecular flexibility index (Phi) is 3.15. The van der Waals surface area contributed by atoms with Crippen LogP contribution in [0, 0.1) is 17.7 Å². The first kappa shape index (κ1) is 11.4. The van der Waals surface area contributed by atoms with Crippen molar-refractivity contribution in [3.63, 3.8) is 0 Å². The summed E-state index contributed by atoms with van der Waals surface area (Å²) in [5.74, 6) is 1.42. The van der Waals surface area contributed by atoms with Gasteiger partial charge in [-0.05, 0) is 42.0 Å². The number of anilines is 1. The highest BCUT2D eigenvalue weighted by Crippen LogP contribution is 2.39. The van der Waals surface area contributed by atoms with Gasteiger partial charge in [-0.15, -0.1) is 0 Å². The van der Waals surface area contributed by atoms with Crippen LogP contribution < -0.4 is 10.6 Å². The van der Waals surface area contributed by atoms with Crippen LogP contribution in [0.4, 0.5) is 10.1 Å². The van der Waals surface area contributed by atoms with Crippen LogP contribution in [0.3, 0.4) is 0 Å². The van der Waals surface area contributed by atoms with Crippen LogP contribution in [-0.4, -0.2) is 13.6 Å². The van der Waals surface area contributed by atoms with Gasteiger partial charge in [0.05, 0.1) is 0 Å². The minimum atomic E-state index is -0.211. The number of nitrogens with two attached hydrogens (primary N) is 1. The minimum Gasteiger partial charge on any atom is -0.374 e. The highest BCUT2D eigenvalue weighted by Gasteiger charge is 2.33. The summed E-state index contributed by atoms with van der Waals surface area (Å²) < 4.78 is 13.1. The van der Waals surface area contributed by atoms with Gasteiger partial charge in [0, 0.05) is 25.8 Å². The van der Waals surface area contributed by atoms with E-state index >= 15 is 0 Å². The van der Waals surface area contributed by atoms with Crippen molar-refractivity contribution in [2.45, 2.75) is 19.9 Å². The van der Waals surface area contributed by atoms with Crippen LogP contribution in [0.1, 0.15) is 18.9 Å². The van der Waals surface area contributed by atoms with Crippen molar-refractivity contribution < 1.29 is 4.39 Å². The van der Waals surface area contributed by atoms with Crippen molar-refractivity contribution in [1.82, 2.24) is 0 Å². The topological polar surface area (TPSA) is 29.3 Å². The monoisotopic (exact) mass is 222 g/mol. The van der Waals surface area contributed by atoms with Crippen LogP contribution in [0.5, 0.6) is 0 Å². The van der Waals surface area contributed by atoms with E-state index in [1.165, 1.54) is 18.6 Å². The van der Waals surface area contributed by atoms with E-state index in [2.05, 4.69) is 18.9 Å². The number of nitrogens with zero attached hydrogens (tertiary/aromatic N) is 1. The highest BCUT2D eigenvalue weighted by molar-refractivity contribution is 5.53. The Bertz CT molecular complexity index is 378. The first-order valence-electron chi connectivity index (χ1n) is 5.81. The molecule has 1 aliphatic carbocycles. The summed E-state index contributed by atoms with van der Waals surface area (Å²) in [5.41, 5.74) is 7.58. The number of rotatable bonds is 4. The number of hydrogen-bond donors (Lipinski definition) is 1. The van der Waals surface area contributed by atoms with E-state index in [0.717, 1.165) is 29.6 Å². The third-order valence-corrected chi connectivity index (χ3v) is 3.46. The molecule has 1 aromatic rings. The van der Waals surface area contributed by atoms with E-state index in [4.69, 9.17) is 5.73 Å². The average Bonchev–Trinajstić information content (AvgIpc) is 2.93. The molecule has 88 valence electrons. The van der Waals surface area contributed by atoms with E-state index in [0.29, 0.717) is 6.54 Å². The number of hydrogen-bond acceptors (Lipinski definition) is 2. The van der Waals surface area contributed by atoms with E-state index in [1.807, 2.05) is 6.07 Å². The van der Waals surface area contributed by atoms with Crippen LogP contribution in [0.25, 0.3) is 0 Å². The van der Waals surface area contributed by atoms with Gasteiger partial charge in [-0.3, -0.25) is 0 Å². The summed E-state index contributed by atoms with van der Waals surface area (Å²) in [7, 11) is 2.05. The molecule has 1 saturated carbocycles.